The van der Waals surface area contributed by atoms with E-state index in [9.17, 15) is 4.79 Å². The minimum absolute atomic E-state index is 0.0653. The Hall–Kier alpha value is -1.88. The van der Waals surface area contributed by atoms with Gasteiger partial charge in [0.05, 0.1) is 23.4 Å². The van der Waals surface area contributed by atoms with Crippen LogP contribution in [0.3, 0.4) is 0 Å². The predicted octanol–water partition coefficient (Wildman–Crippen LogP) is 0.529. The predicted molar refractivity (Wildman–Crippen MR) is 59.2 cm³/mol. The SMILES string of the molecule is C[C@@H](CO)c1nn2ccccc2c1C(N)=O. The summed E-state index contributed by atoms with van der Waals surface area (Å²) in [5.74, 6) is -0.723. The van der Waals surface area contributed by atoms with E-state index < -0.39 is 5.91 Å². The summed E-state index contributed by atoms with van der Waals surface area (Å²) >= 11 is 0. The van der Waals surface area contributed by atoms with Gasteiger partial charge in [-0.1, -0.05) is 13.0 Å². The number of pyridine rings is 1. The zero-order valence-electron chi connectivity index (χ0n) is 8.92. The van der Waals surface area contributed by atoms with Gasteiger partial charge in [0.15, 0.2) is 0 Å². The highest BCUT2D eigenvalue weighted by molar-refractivity contribution is 6.01. The number of aliphatic hydroxyl groups is 1. The number of nitrogens with two attached hydrogens (primary N) is 1. The van der Waals surface area contributed by atoms with Crippen LogP contribution in [0.15, 0.2) is 24.4 Å². The number of carbonyl (C=O) groups is 1. The number of carbonyl (C=O) groups excluding carboxylic acids is 1. The van der Waals surface area contributed by atoms with E-state index in [-0.39, 0.29) is 12.5 Å². The molecule has 16 heavy (non-hydrogen) atoms. The first kappa shape index (κ1) is 10.6. The summed E-state index contributed by atoms with van der Waals surface area (Å²) in [4.78, 5) is 11.4. The Morgan fingerprint density at radius 3 is 3.00 bits per heavy atom. The van der Waals surface area contributed by atoms with Crippen LogP contribution in [0.2, 0.25) is 0 Å². The molecule has 2 aromatic heterocycles. The van der Waals surface area contributed by atoms with Crippen molar-refractivity contribution in [1.82, 2.24) is 9.61 Å². The van der Waals surface area contributed by atoms with Crippen LogP contribution in [-0.2, 0) is 0 Å². The van der Waals surface area contributed by atoms with Gasteiger partial charge in [-0.3, -0.25) is 4.79 Å². The average Bonchev–Trinajstić information content (AvgIpc) is 2.67. The van der Waals surface area contributed by atoms with Gasteiger partial charge in [-0.2, -0.15) is 5.10 Å². The topological polar surface area (TPSA) is 80.6 Å². The van der Waals surface area contributed by atoms with Crippen LogP contribution < -0.4 is 5.73 Å². The fraction of sp³-hybridized carbons (Fsp3) is 0.273. The third-order valence-electron chi connectivity index (χ3n) is 2.55. The monoisotopic (exact) mass is 219 g/mol. The lowest BCUT2D eigenvalue weighted by atomic mass is 10.0. The third kappa shape index (κ3) is 1.55. The number of amides is 1. The van der Waals surface area contributed by atoms with Crippen molar-refractivity contribution in [3.8, 4) is 0 Å². The minimum Gasteiger partial charge on any atom is -0.396 e. The zero-order valence-corrected chi connectivity index (χ0v) is 8.92. The first-order chi connectivity index (χ1) is 7.65. The Kier molecular flexibility index (Phi) is 2.62. The number of aromatic nitrogens is 2. The lowest BCUT2D eigenvalue weighted by Gasteiger charge is -2.04. The van der Waals surface area contributed by atoms with E-state index in [4.69, 9.17) is 10.8 Å². The summed E-state index contributed by atoms with van der Waals surface area (Å²) in [5.41, 5.74) is 6.95. The van der Waals surface area contributed by atoms with E-state index in [0.29, 0.717) is 16.8 Å². The maximum absolute atomic E-state index is 11.4. The number of primary amides is 1. The van der Waals surface area contributed by atoms with Crippen molar-refractivity contribution in [2.75, 3.05) is 6.61 Å². The molecule has 2 heterocycles. The Balaban J connectivity index is 2.73. The fourth-order valence-corrected chi connectivity index (χ4v) is 1.70. The van der Waals surface area contributed by atoms with Gasteiger partial charge in [0.25, 0.3) is 5.91 Å². The van der Waals surface area contributed by atoms with Crippen LogP contribution in [-0.4, -0.2) is 27.2 Å². The Morgan fingerprint density at radius 2 is 2.38 bits per heavy atom. The average molecular weight is 219 g/mol. The van der Waals surface area contributed by atoms with Crippen LogP contribution in [0.4, 0.5) is 0 Å². The molecule has 0 saturated heterocycles. The summed E-state index contributed by atoms with van der Waals surface area (Å²) in [6.45, 7) is 1.73. The smallest absolute Gasteiger partial charge is 0.252 e. The molecule has 0 aliphatic carbocycles. The first-order valence-corrected chi connectivity index (χ1v) is 5.03. The van der Waals surface area contributed by atoms with E-state index in [1.54, 1.807) is 23.7 Å². The molecule has 1 amide bonds. The number of nitrogens with zero attached hydrogens (tertiary/aromatic N) is 2. The van der Waals surface area contributed by atoms with Crippen LogP contribution in [0.25, 0.3) is 5.52 Å². The molecule has 0 saturated carbocycles. The van der Waals surface area contributed by atoms with E-state index in [1.165, 1.54) is 0 Å². The second-order valence-electron chi connectivity index (χ2n) is 3.74. The van der Waals surface area contributed by atoms with Crippen molar-refractivity contribution in [3.63, 3.8) is 0 Å². The van der Waals surface area contributed by atoms with Crippen molar-refractivity contribution in [2.45, 2.75) is 12.8 Å². The van der Waals surface area contributed by atoms with Crippen LogP contribution in [0.1, 0.15) is 28.9 Å². The molecule has 0 unspecified atom stereocenters. The summed E-state index contributed by atoms with van der Waals surface area (Å²) in [7, 11) is 0. The van der Waals surface area contributed by atoms with Gasteiger partial charge in [0.1, 0.15) is 0 Å². The van der Waals surface area contributed by atoms with Crippen molar-refractivity contribution in [2.24, 2.45) is 5.73 Å². The van der Waals surface area contributed by atoms with Gasteiger partial charge in [0, 0.05) is 12.1 Å². The Labute approximate surface area is 92.5 Å². The summed E-state index contributed by atoms with van der Waals surface area (Å²) in [6, 6.07) is 5.41. The maximum atomic E-state index is 11.4. The number of fused-ring (bicyclic) bond motifs is 1. The third-order valence-corrected chi connectivity index (χ3v) is 2.55. The van der Waals surface area contributed by atoms with E-state index >= 15 is 0 Å². The lowest BCUT2D eigenvalue weighted by molar-refractivity contribution is 0.1000. The molecule has 2 aromatic rings. The van der Waals surface area contributed by atoms with Crippen LogP contribution >= 0.6 is 0 Å². The number of hydrogen-bond donors (Lipinski definition) is 2. The van der Waals surface area contributed by atoms with Gasteiger partial charge in [-0.05, 0) is 12.1 Å². The molecule has 1 atom stereocenters. The number of hydrogen-bond acceptors (Lipinski definition) is 3. The molecule has 0 radical (unpaired) electrons. The second kappa shape index (κ2) is 3.94. The van der Waals surface area contributed by atoms with Crippen LogP contribution in [0, 0.1) is 0 Å². The molecule has 5 nitrogen and oxygen atoms in total. The van der Waals surface area contributed by atoms with Gasteiger partial charge < -0.3 is 10.8 Å². The second-order valence-corrected chi connectivity index (χ2v) is 3.74. The minimum atomic E-state index is -0.517. The molecule has 3 N–H and O–H groups in total. The highest BCUT2D eigenvalue weighted by Gasteiger charge is 2.20. The van der Waals surface area contributed by atoms with E-state index in [2.05, 4.69) is 5.10 Å². The normalized spacial score (nSPS) is 12.9. The zero-order chi connectivity index (χ0) is 11.7. The number of rotatable bonds is 3. The molecule has 5 heteroatoms. The van der Waals surface area contributed by atoms with Gasteiger partial charge in [0.2, 0.25) is 0 Å². The fourth-order valence-electron chi connectivity index (χ4n) is 1.70. The molecule has 0 aliphatic rings. The summed E-state index contributed by atoms with van der Waals surface area (Å²) in [5, 5.41) is 13.4. The first-order valence-electron chi connectivity index (χ1n) is 5.03. The molecular weight excluding hydrogens is 206 g/mol. The highest BCUT2D eigenvalue weighted by Crippen LogP contribution is 2.22. The lowest BCUT2D eigenvalue weighted by Crippen LogP contribution is -2.15. The van der Waals surface area contributed by atoms with Crippen LogP contribution in [0.5, 0.6) is 0 Å². The molecule has 0 spiro atoms. The van der Waals surface area contributed by atoms with E-state index in [1.807, 2.05) is 12.1 Å². The standard InChI is InChI=1S/C11H13N3O2/c1-7(6-15)10-9(11(12)16)8-4-2-3-5-14(8)13-10/h2-5,7,15H,6H2,1H3,(H2,12,16)/t7-/m0/s1. The van der Waals surface area contributed by atoms with Crippen molar-refractivity contribution < 1.29 is 9.90 Å². The molecule has 0 aromatic carbocycles. The van der Waals surface area contributed by atoms with Crippen molar-refractivity contribution in [1.29, 1.82) is 0 Å². The van der Waals surface area contributed by atoms with Gasteiger partial charge in [-0.15, -0.1) is 0 Å². The van der Waals surface area contributed by atoms with Crippen molar-refractivity contribution >= 4 is 11.4 Å². The van der Waals surface area contributed by atoms with Crippen molar-refractivity contribution in [3.05, 3.63) is 35.7 Å². The Morgan fingerprint density at radius 1 is 1.62 bits per heavy atom. The summed E-state index contributed by atoms with van der Waals surface area (Å²) in [6.07, 6.45) is 1.75. The van der Waals surface area contributed by atoms with Gasteiger partial charge >= 0.3 is 0 Å². The molecule has 0 bridgehead atoms. The molecule has 2 rings (SSSR count). The van der Waals surface area contributed by atoms with E-state index in [0.717, 1.165) is 0 Å². The number of aliphatic hydroxyl groups excluding tert-OH is 1. The Bertz CT molecular complexity index is 533. The molecule has 0 aliphatic heterocycles. The summed E-state index contributed by atoms with van der Waals surface area (Å²) < 4.78 is 1.60. The molecule has 0 fully saturated rings. The van der Waals surface area contributed by atoms with Gasteiger partial charge in [-0.25, -0.2) is 4.52 Å². The quantitative estimate of drug-likeness (QED) is 0.790. The molecular formula is C11H13N3O2. The highest BCUT2D eigenvalue weighted by atomic mass is 16.3. The molecule has 84 valence electrons. The maximum Gasteiger partial charge on any atom is 0.252 e. The largest absolute Gasteiger partial charge is 0.396 e.